The first kappa shape index (κ1) is 47.1. The van der Waals surface area contributed by atoms with Crippen LogP contribution in [0.5, 0.6) is 0 Å². The zero-order chi connectivity index (χ0) is 47.9. The second-order valence-corrected chi connectivity index (χ2v) is 20.1. The van der Waals surface area contributed by atoms with Gasteiger partial charge in [-0.1, -0.05) is 81.4 Å². The van der Waals surface area contributed by atoms with Crippen LogP contribution in [0.2, 0.25) is 0 Å². The van der Waals surface area contributed by atoms with Crippen molar-refractivity contribution in [1.29, 1.82) is 0 Å². The number of aromatic nitrogens is 4. The molecule has 8 rings (SSSR count). The average Bonchev–Trinajstić information content (AvgIpc) is 4.09. The number of nitrogens with zero attached hydrogens (tertiary/aromatic N) is 6. The quantitative estimate of drug-likeness (QED) is 0.0929. The van der Waals surface area contributed by atoms with Gasteiger partial charge in [0, 0.05) is 34.5 Å². The van der Waals surface area contributed by atoms with E-state index in [-0.39, 0.29) is 37.9 Å². The molecule has 1 unspecified atom stereocenters. The summed E-state index contributed by atoms with van der Waals surface area (Å²) < 4.78 is 6.92. The van der Waals surface area contributed by atoms with Gasteiger partial charge < -0.3 is 30.5 Å². The van der Waals surface area contributed by atoms with E-state index in [0.717, 1.165) is 59.4 Å². The number of fused-ring (bicyclic) bond motifs is 3. The SMILES string of the molecule is COC(=O)C[C@@H]1N=C(c2ccc(-c3ccc(C(=O)NC(C(=O)N4C[C@H](O)C[C@H]4C(=O)N[C@@H](C)c4ccc(-c5scnc5C)cc4)C(C)(C)C)cc3)cc2)c2c(sc(CO)c2C)-n2c(C)nnc21. The van der Waals surface area contributed by atoms with Crippen LogP contribution in [0.15, 0.2) is 83.3 Å². The van der Waals surface area contributed by atoms with E-state index < -0.39 is 47.4 Å². The molecule has 17 heteroatoms. The number of carbonyl (C=O) groups excluding carboxylic acids is 4. The molecule has 5 heterocycles. The van der Waals surface area contributed by atoms with Crippen molar-refractivity contribution >= 4 is 52.1 Å². The van der Waals surface area contributed by atoms with Gasteiger partial charge in [-0.2, -0.15) is 0 Å². The number of methoxy groups -OCH3 is 1. The van der Waals surface area contributed by atoms with E-state index in [0.29, 0.717) is 22.9 Å². The summed E-state index contributed by atoms with van der Waals surface area (Å²) in [4.78, 5) is 67.3. The number of carbonyl (C=O) groups is 4. The molecule has 1 fully saturated rings. The molecule has 2 aliphatic heterocycles. The van der Waals surface area contributed by atoms with Crippen LogP contribution in [0.3, 0.4) is 0 Å². The Morgan fingerprint density at radius 2 is 1.54 bits per heavy atom. The highest BCUT2D eigenvalue weighted by Gasteiger charge is 2.45. The van der Waals surface area contributed by atoms with Crippen molar-refractivity contribution < 1.29 is 34.1 Å². The fraction of sp³-hybridized carbons (Fsp3) is 0.360. The van der Waals surface area contributed by atoms with Crippen LogP contribution in [-0.2, 0) is 25.7 Å². The molecule has 5 atom stereocenters. The minimum absolute atomic E-state index is 0.0361. The molecular formula is C50H54N8O7S2. The Bertz CT molecular complexity index is 2860. The second-order valence-electron chi connectivity index (χ2n) is 18.1. The number of hydrogen-bond acceptors (Lipinski definition) is 13. The van der Waals surface area contributed by atoms with E-state index >= 15 is 0 Å². The topological polar surface area (TPSA) is 201 Å². The molecule has 0 aliphatic carbocycles. The summed E-state index contributed by atoms with van der Waals surface area (Å²) >= 11 is 3.01. The largest absolute Gasteiger partial charge is 0.469 e. The van der Waals surface area contributed by atoms with E-state index in [1.165, 1.54) is 23.3 Å². The third-order valence-corrected chi connectivity index (χ3v) is 14.7. The number of likely N-dealkylation sites (tertiary alicyclic amines) is 1. The maximum atomic E-state index is 14.4. The molecule has 348 valence electrons. The Balaban J connectivity index is 0.971. The number of thiophene rings is 1. The minimum Gasteiger partial charge on any atom is -0.469 e. The van der Waals surface area contributed by atoms with Crippen LogP contribution >= 0.6 is 22.7 Å². The second kappa shape index (κ2) is 19.1. The van der Waals surface area contributed by atoms with Gasteiger partial charge in [0.2, 0.25) is 11.8 Å². The fourth-order valence-corrected chi connectivity index (χ4v) is 10.7. The highest BCUT2D eigenvalue weighted by atomic mass is 32.1. The van der Waals surface area contributed by atoms with Gasteiger partial charge in [0.15, 0.2) is 5.82 Å². The van der Waals surface area contributed by atoms with E-state index in [1.54, 1.807) is 23.5 Å². The van der Waals surface area contributed by atoms with Crippen LogP contribution in [0.25, 0.3) is 26.6 Å². The molecule has 0 saturated carbocycles. The van der Waals surface area contributed by atoms with E-state index in [1.807, 2.05) is 119 Å². The van der Waals surface area contributed by atoms with Crippen LogP contribution in [0.4, 0.5) is 0 Å². The van der Waals surface area contributed by atoms with Gasteiger partial charge in [-0.05, 0) is 73.1 Å². The highest BCUT2D eigenvalue weighted by Crippen LogP contribution is 2.40. The lowest BCUT2D eigenvalue weighted by Crippen LogP contribution is -2.57. The number of thiazole rings is 1. The van der Waals surface area contributed by atoms with Gasteiger partial charge in [-0.3, -0.25) is 28.7 Å². The predicted octanol–water partition coefficient (Wildman–Crippen LogP) is 6.98. The third kappa shape index (κ3) is 9.46. The molecule has 3 aromatic heterocycles. The Morgan fingerprint density at radius 1 is 0.896 bits per heavy atom. The van der Waals surface area contributed by atoms with Crippen molar-refractivity contribution in [2.75, 3.05) is 13.7 Å². The van der Waals surface area contributed by atoms with Crippen molar-refractivity contribution in [3.05, 3.63) is 128 Å². The van der Waals surface area contributed by atoms with Gasteiger partial charge in [-0.25, -0.2) is 4.98 Å². The number of aliphatic hydroxyl groups excluding tert-OH is 2. The lowest BCUT2D eigenvalue weighted by atomic mass is 9.85. The number of aliphatic hydroxyl groups is 2. The number of aryl methyl sites for hydroxylation is 2. The first-order chi connectivity index (χ1) is 32.0. The first-order valence-corrected chi connectivity index (χ1v) is 23.8. The maximum Gasteiger partial charge on any atom is 0.308 e. The molecule has 67 heavy (non-hydrogen) atoms. The first-order valence-electron chi connectivity index (χ1n) is 22.1. The van der Waals surface area contributed by atoms with Gasteiger partial charge in [0.25, 0.3) is 5.91 Å². The monoisotopic (exact) mass is 942 g/mol. The van der Waals surface area contributed by atoms with Crippen molar-refractivity contribution in [2.24, 2.45) is 10.4 Å². The third-order valence-electron chi connectivity index (χ3n) is 12.5. The zero-order valence-corrected chi connectivity index (χ0v) is 40.3. The molecular weight excluding hydrogens is 889 g/mol. The summed E-state index contributed by atoms with van der Waals surface area (Å²) in [5.74, 6) is -0.572. The number of nitrogens with one attached hydrogen (secondary N) is 2. The highest BCUT2D eigenvalue weighted by molar-refractivity contribution is 7.15. The van der Waals surface area contributed by atoms with Gasteiger partial charge in [0.05, 0.1) is 54.1 Å². The Hall–Kier alpha value is -6.40. The standard InChI is InChI=1S/C50H54N8O7S2/c1-26-39(24-59)67-49-41(26)42(53-37(22-40(61)65-8)45-56-55-29(4)58(45)49)33-15-11-31(12-16-33)32-13-19-35(20-14-32)46(62)54-44(50(5,6)7)48(64)57-23-36(60)21-38(57)47(63)52-27(2)30-9-17-34(18-10-30)43-28(3)51-25-66-43/h9-20,25,27,36-38,44,59-60H,21-24H2,1-8H3,(H,52,63)(H,54,62)/t27-,36+,37-,38-,44?/m0/s1. The maximum absolute atomic E-state index is 14.4. The molecule has 0 radical (unpaired) electrons. The summed E-state index contributed by atoms with van der Waals surface area (Å²) in [6.45, 7) is 13.0. The molecule has 1 saturated heterocycles. The fourth-order valence-electron chi connectivity index (χ4n) is 8.72. The lowest BCUT2D eigenvalue weighted by molar-refractivity contribution is -0.142. The van der Waals surface area contributed by atoms with E-state index in [4.69, 9.17) is 9.73 Å². The summed E-state index contributed by atoms with van der Waals surface area (Å²) in [5.41, 5.74) is 9.17. The number of rotatable bonds is 12. The van der Waals surface area contributed by atoms with Crippen LogP contribution in [-0.4, -0.2) is 96.1 Å². The molecule has 3 amide bonds. The van der Waals surface area contributed by atoms with Crippen molar-refractivity contribution in [2.45, 2.75) is 98.2 Å². The van der Waals surface area contributed by atoms with Crippen LogP contribution in [0.1, 0.15) is 107 Å². The van der Waals surface area contributed by atoms with Crippen LogP contribution < -0.4 is 10.6 Å². The van der Waals surface area contributed by atoms with Gasteiger partial charge in [-0.15, -0.1) is 32.9 Å². The summed E-state index contributed by atoms with van der Waals surface area (Å²) in [6, 6.07) is 19.9. The number of ether oxygens (including phenoxy) is 1. The normalized spacial score (nSPS) is 17.7. The molecule has 2 aliphatic rings. The zero-order valence-electron chi connectivity index (χ0n) is 38.7. The molecule has 0 spiro atoms. The molecule has 3 aromatic carbocycles. The van der Waals surface area contributed by atoms with Gasteiger partial charge >= 0.3 is 5.97 Å². The lowest BCUT2D eigenvalue weighted by Gasteiger charge is -2.35. The Labute approximate surface area is 397 Å². The number of aliphatic imine (C=N–C) groups is 1. The van der Waals surface area contributed by atoms with Crippen LogP contribution in [0, 0.1) is 26.2 Å². The molecule has 6 aromatic rings. The van der Waals surface area contributed by atoms with E-state index in [2.05, 4.69) is 25.8 Å². The van der Waals surface area contributed by atoms with Crippen molar-refractivity contribution in [1.82, 2.24) is 35.3 Å². The summed E-state index contributed by atoms with van der Waals surface area (Å²) in [5, 5.41) is 36.5. The van der Waals surface area contributed by atoms with Crippen molar-refractivity contribution in [3.63, 3.8) is 0 Å². The number of hydrogen-bond donors (Lipinski definition) is 4. The number of β-amino-alcohol motifs (C(OH)–C–C–N with tert-alkyl or cyclic N) is 1. The van der Waals surface area contributed by atoms with E-state index in [9.17, 15) is 29.4 Å². The summed E-state index contributed by atoms with van der Waals surface area (Å²) in [6.07, 6.45) is -0.860. The minimum atomic E-state index is -1.01. The Morgan fingerprint density at radius 3 is 2.15 bits per heavy atom. The Kier molecular flexibility index (Phi) is 13.4. The number of amides is 3. The van der Waals surface area contributed by atoms with Gasteiger partial charge in [0.1, 0.15) is 29.0 Å². The molecule has 0 bridgehead atoms. The predicted molar refractivity (Wildman–Crippen MR) is 257 cm³/mol. The molecule has 15 nitrogen and oxygen atoms in total. The number of benzene rings is 3. The molecule has 4 N–H and O–H groups in total. The smallest absolute Gasteiger partial charge is 0.308 e. The van der Waals surface area contributed by atoms with Crippen molar-refractivity contribution in [3.8, 4) is 26.6 Å². The summed E-state index contributed by atoms with van der Waals surface area (Å²) in [7, 11) is 1.34. The average molecular weight is 943 g/mol. The number of esters is 1.